The Morgan fingerprint density at radius 3 is 2.87 bits per heavy atom. The summed E-state index contributed by atoms with van der Waals surface area (Å²) in [5.74, 6) is -0.141. The van der Waals surface area contributed by atoms with Gasteiger partial charge in [0.1, 0.15) is 11.9 Å². The minimum atomic E-state index is -0.991. The number of benzene rings is 2. The van der Waals surface area contributed by atoms with Gasteiger partial charge in [-0.15, -0.1) is 0 Å². The van der Waals surface area contributed by atoms with Crippen molar-refractivity contribution in [1.29, 1.82) is 0 Å². The van der Waals surface area contributed by atoms with Crippen LogP contribution in [0.25, 0.3) is 10.8 Å². The predicted molar refractivity (Wildman–Crippen MR) is 151 cm³/mol. The average molecular weight is 516 g/mol. The van der Waals surface area contributed by atoms with Gasteiger partial charge in [0.2, 0.25) is 5.91 Å². The minimum Gasteiger partial charge on any atom is -0.480 e. The normalized spacial score (nSPS) is 18.3. The van der Waals surface area contributed by atoms with E-state index in [1.807, 2.05) is 42.5 Å². The summed E-state index contributed by atoms with van der Waals surface area (Å²) in [7, 11) is 0. The fraction of sp³-hybridized carbons (Fsp3) is 0.433. The number of nitrogens with one attached hydrogen (secondary N) is 3. The van der Waals surface area contributed by atoms with Gasteiger partial charge in [0.05, 0.1) is 5.92 Å². The van der Waals surface area contributed by atoms with Crippen LogP contribution >= 0.6 is 0 Å². The van der Waals surface area contributed by atoms with Crippen molar-refractivity contribution in [2.24, 2.45) is 5.92 Å². The third-order valence-electron chi connectivity index (χ3n) is 7.63. The van der Waals surface area contributed by atoms with Gasteiger partial charge < -0.3 is 26.0 Å². The van der Waals surface area contributed by atoms with E-state index in [2.05, 4.69) is 33.0 Å². The molecule has 0 aliphatic carbocycles. The number of carboxylic acids is 1. The Balaban J connectivity index is 1.10. The first-order chi connectivity index (χ1) is 18.6. The van der Waals surface area contributed by atoms with E-state index in [1.54, 1.807) is 0 Å². The molecule has 1 amide bonds. The number of rotatable bonds is 10. The summed E-state index contributed by atoms with van der Waals surface area (Å²) in [6.07, 6.45) is 5.97. The van der Waals surface area contributed by atoms with Crippen molar-refractivity contribution in [3.05, 3.63) is 65.9 Å². The lowest BCUT2D eigenvalue weighted by atomic mass is 9.96. The van der Waals surface area contributed by atoms with Gasteiger partial charge >= 0.3 is 5.97 Å². The number of amides is 1. The zero-order valence-electron chi connectivity index (χ0n) is 21.8. The molecule has 200 valence electrons. The van der Waals surface area contributed by atoms with Gasteiger partial charge in [0.25, 0.3) is 0 Å². The molecule has 0 spiro atoms. The van der Waals surface area contributed by atoms with E-state index < -0.39 is 12.0 Å². The van der Waals surface area contributed by atoms with Crippen LogP contribution in [0.4, 0.5) is 11.5 Å². The van der Waals surface area contributed by atoms with Gasteiger partial charge in [-0.2, -0.15) is 0 Å². The van der Waals surface area contributed by atoms with Crippen molar-refractivity contribution in [2.75, 3.05) is 43.4 Å². The summed E-state index contributed by atoms with van der Waals surface area (Å²) in [5, 5.41) is 21.2. The van der Waals surface area contributed by atoms with E-state index in [-0.39, 0.29) is 18.4 Å². The SMILES string of the molecule is O=C(NCC(Nc1cccc2ccccc12)C(=O)O)C1CCCN(CCCc2ccc3c(n2)NCCC3)C1. The number of aromatic nitrogens is 1. The zero-order valence-corrected chi connectivity index (χ0v) is 21.8. The van der Waals surface area contributed by atoms with Crippen molar-refractivity contribution in [3.63, 3.8) is 0 Å². The molecule has 1 saturated heterocycles. The van der Waals surface area contributed by atoms with Crippen LogP contribution in [0, 0.1) is 5.92 Å². The minimum absolute atomic E-state index is 0.0337. The molecule has 8 nitrogen and oxygen atoms in total. The number of pyridine rings is 1. The molecule has 2 unspecified atom stereocenters. The van der Waals surface area contributed by atoms with Crippen LogP contribution in [-0.2, 0) is 22.4 Å². The molecule has 0 radical (unpaired) electrons. The Morgan fingerprint density at radius 2 is 1.97 bits per heavy atom. The van der Waals surface area contributed by atoms with E-state index >= 15 is 0 Å². The van der Waals surface area contributed by atoms with E-state index in [4.69, 9.17) is 4.98 Å². The second kappa shape index (κ2) is 12.3. The summed E-state index contributed by atoms with van der Waals surface area (Å²) in [5.41, 5.74) is 3.17. The maximum Gasteiger partial charge on any atom is 0.327 e. The number of carbonyl (C=O) groups excluding carboxylic acids is 1. The van der Waals surface area contributed by atoms with Gasteiger partial charge in [0.15, 0.2) is 0 Å². The number of hydrogen-bond donors (Lipinski definition) is 4. The van der Waals surface area contributed by atoms with E-state index in [0.29, 0.717) is 6.54 Å². The zero-order chi connectivity index (χ0) is 26.3. The number of hydrogen-bond acceptors (Lipinski definition) is 6. The molecule has 2 aliphatic rings. The van der Waals surface area contributed by atoms with Crippen LogP contribution in [-0.4, -0.2) is 65.6 Å². The van der Waals surface area contributed by atoms with Crippen LogP contribution in [0.3, 0.4) is 0 Å². The first kappa shape index (κ1) is 26.0. The molecule has 0 saturated carbocycles. The Kier molecular flexibility index (Phi) is 8.38. The summed E-state index contributed by atoms with van der Waals surface area (Å²) in [4.78, 5) is 32.1. The summed E-state index contributed by atoms with van der Waals surface area (Å²) < 4.78 is 0. The van der Waals surface area contributed by atoms with Crippen LogP contribution in [0.15, 0.2) is 54.6 Å². The van der Waals surface area contributed by atoms with Crippen molar-refractivity contribution in [1.82, 2.24) is 15.2 Å². The molecule has 1 fully saturated rings. The first-order valence-corrected chi connectivity index (χ1v) is 13.8. The highest BCUT2D eigenvalue weighted by molar-refractivity contribution is 5.95. The number of likely N-dealkylation sites (tertiary alicyclic amines) is 1. The number of carbonyl (C=O) groups is 2. The fourth-order valence-electron chi connectivity index (χ4n) is 5.55. The quantitative estimate of drug-likeness (QED) is 0.324. The average Bonchev–Trinajstić information content (AvgIpc) is 2.95. The molecule has 38 heavy (non-hydrogen) atoms. The number of aryl methyl sites for hydroxylation is 2. The van der Waals surface area contributed by atoms with E-state index in [9.17, 15) is 14.7 Å². The lowest BCUT2D eigenvalue weighted by Crippen LogP contribution is -2.47. The molecule has 3 heterocycles. The van der Waals surface area contributed by atoms with E-state index in [1.165, 1.54) is 5.56 Å². The molecule has 2 aliphatic heterocycles. The Bertz CT molecular complexity index is 1270. The lowest BCUT2D eigenvalue weighted by Gasteiger charge is -2.32. The van der Waals surface area contributed by atoms with Crippen LogP contribution in [0.5, 0.6) is 0 Å². The standard InChI is InChI=1S/C30H37N5O3/c36-29(32-19-27(30(37)38)34-26-13-3-8-21-7-1-2-12-25(21)26)23-10-5-17-35(20-23)18-6-11-24-15-14-22-9-4-16-31-28(22)33-24/h1-3,7-8,12-15,23,27,34H,4-6,9-11,16-20H2,(H,31,33)(H,32,36)(H,37,38). The van der Waals surface area contributed by atoms with Crippen molar-refractivity contribution in [3.8, 4) is 0 Å². The Labute approximate surface area is 223 Å². The molecule has 2 atom stereocenters. The number of anilines is 2. The van der Waals surface area contributed by atoms with Gasteiger partial charge in [-0.25, -0.2) is 9.78 Å². The molecule has 2 aromatic carbocycles. The fourth-order valence-corrected chi connectivity index (χ4v) is 5.55. The predicted octanol–water partition coefficient (Wildman–Crippen LogP) is 3.92. The highest BCUT2D eigenvalue weighted by Gasteiger charge is 2.27. The van der Waals surface area contributed by atoms with E-state index in [0.717, 1.165) is 86.1 Å². The molecule has 5 rings (SSSR count). The third kappa shape index (κ3) is 6.42. The lowest BCUT2D eigenvalue weighted by molar-refractivity contribution is -0.138. The summed E-state index contributed by atoms with van der Waals surface area (Å²) in [6.45, 7) is 3.65. The highest BCUT2D eigenvalue weighted by Crippen LogP contribution is 2.24. The number of carboxylic acid groups (broad SMARTS) is 1. The topological polar surface area (TPSA) is 107 Å². The highest BCUT2D eigenvalue weighted by atomic mass is 16.4. The summed E-state index contributed by atoms with van der Waals surface area (Å²) in [6, 6.07) is 17.0. The first-order valence-electron chi connectivity index (χ1n) is 13.8. The van der Waals surface area contributed by atoms with Gasteiger partial charge in [0, 0.05) is 36.4 Å². The number of fused-ring (bicyclic) bond motifs is 2. The van der Waals surface area contributed by atoms with Crippen LogP contribution in [0.1, 0.15) is 36.9 Å². The molecule has 8 heteroatoms. The van der Waals surface area contributed by atoms with Gasteiger partial charge in [-0.05, 0) is 74.7 Å². The second-order valence-corrected chi connectivity index (χ2v) is 10.4. The van der Waals surface area contributed by atoms with Gasteiger partial charge in [-0.1, -0.05) is 42.5 Å². The molecular formula is C30H37N5O3. The Morgan fingerprint density at radius 1 is 1.11 bits per heavy atom. The number of nitrogens with zero attached hydrogens (tertiary/aromatic N) is 2. The molecule has 0 bridgehead atoms. The molecule has 1 aromatic heterocycles. The van der Waals surface area contributed by atoms with Crippen molar-refractivity contribution < 1.29 is 14.7 Å². The van der Waals surface area contributed by atoms with Gasteiger partial charge in [-0.3, -0.25) is 4.79 Å². The molecule has 4 N–H and O–H groups in total. The third-order valence-corrected chi connectivity index (χ3v) is 7.63. The second-order valence-electron chi connectivity index (χ2n) is 10.4. The number of piperidine rings is 1. The summed E-state index contributed by atoms with van der Waals surface area (Å²) >= 11 is 0. The Hall–Kier alpha value is -3.65. The maximum atomic E-state index is 13.0. The molecule has 3 aromatic rings. The van der Waals surface area contributed by atoms with Crippen LogP contribution in [0.2, 0.25) is 0 Å². The van der Waals surface area contributed by atoms with Crippen molar-refractivity contribution >= 4 is 34.2 Å². The number of aliphatic carboxylic acids is 1. The van der Waals surface area contributed by atoms with Crippen molar-refractivity contribution in [2.45, 2.75) is 44.6 Å². The maximum absolute atomic E-state index is 13.0. The smallest absolute Gasteiger partial charge is 0.327 e. The van der Waals surface area contributed by atoms with Crippen LogP contribution < -0.4 is 16.0 Å². The monoisotopic (exact) mass is 515 g/mol. The molecular weight excluding hydrogens is 478 g/mol. The largest absolute Gasteiger partial charge is 0.480 e.